The zero-order valence-corrected chi connectivity index (χ0v) is 41.7. The molecule has 0 fully saturated rings. The number of rotatable bonds is 5. The smallest absolute Gasteiger partial charge is 0.0573 e. The van der Waals surface area contributed by atoms with Crippen LogP contribution in [0.2, 0.25) is 0 Å². The number of para-hydroxylation sites is 2. The predicted octanol–water partition coefficient (Wildman–Crippen LogP) is 20.2. The van der Waals surface area contributed by atoms with Crippen LogP contribution in [0.15, 0.2) is 267 Å². The van der Waals surface area contributed by atoms with Crippen molar-refractivity contribution in [2.45, 2.75) is 13.1 Å². The van der Waals surface area contributed by atoms with E-state index in [0.717, 1.165) is 13.1 Å². The van der Waals surface area contributed by atoms with Crippen molar-refractivity contribution < 1.29 is 0 Å². The number of anilines is 4. The van der Waals surface area contributed by atoms with Gasteiger partial charge in [0.1, 0.15) is 0 Å². The third kappa shape index (κ3) is 6.41. The highest BCUT2D eigenvalue weighted by molar-refractivity contribution is 6.25. The van der Waals surface area contributed by atoms with Crippen LogP contribution in [0, 0.1) is 0 Å². The monoisotopic (exact) mass is 964 g/mol. The van der Waals surface area contributed by atoms with Gasteiger partial charge in [-0.2, -0.15) is 0 Å². The first kappa shape index (κ1) is 42.7. The molecule has 0 saturated carbocycles. The molecule has 2 nitrogen and oxygen atoms in total. The van der Waals surface area contributed by atoms with Gasteiger partial charge in [-0.25, -0.2) is 0 Å². The summed E-state index contributed by atoms with van der Waals surface area (Å²) >= 11 is 0. The predicted molar refractivity (Wildman–Crippen MR) is 323 cm³/mol. The fourth-order valence-electron chi connectivity index (χ4n) is 13.4. The van der Waals surface area contributed by atoms with Crippen molar-refractivity contribution in [3.05, 3.63) is 278 Å². The van der Waals surface area contributed by atoms with Gasteiger partial charge in [-0.15, -0.1) is 0 Å². The van der Waals surface area contributed by atoms with E-state index in [1.165, 1.54) is 154 Å². The SMILES string of the molecule is c1ccc2c(c1)CN(c1c3ccccc3c(-c3cc(-c4c5ccccc5cc5ccccc45)cc(-c4c5ccccc5c(N5Cc6ccccc6-c6ccccc65)c5ccccc45)c3)c3ccccc13)c1ccccc1-2. The lowest BCUT2D eigenvalue weighted by Gasteiger charge is -2.35. The summed E-state index contributed by atoms with van der Waals surface area (Å²) in [5, 5.41) is 14.8. The Bertz CT molecular complexity index is 4330. The van der Waals surface area contributed by atoms with Crippen molar-refractivity contribution in [1.82, 2.24) is 0 Å². The molecule has 0 radical (unpaired) electrons. The minimum atomic E-state index is 0.778. The van der Waals surface area contributed by atoms with Crippen molar-refractivity contribution in [1.29, 1.82) is 0 Å². The van der Waals surface area contributed by atoms with Gasteiger partial charge in [0.05, 0.1) is 11.4 Å². The Balaban J connectivity index is 1.01. The standard InChI is InChI=1S/C74H48N2/c1-7-27-56-47(21-1)41-48-22-2-8-28-57(48)70(56)51-42-52(71-60-31-9-13-35-64(60)73(65-36-14-10-32-61(65)71)75-45-49-23-3-5-25-54(49)58-29-17-19-39-68(58)75)44-53(43-51)72-62-33-11-15-37-66(62)74(67-38-16-12-34-63(67)72)76-46-50-24-4-6-26-55(50)59-30-18-20-40-69(59)76/h1-44H,45-46H2. The molecule has 2 heterocycles. The Morgan fingerprint density at radius 3 is 0.882 bits per heavy atom. The minimum Gasteiger partial charge on any atom is -0.335 e. The van der Waals surface area contributed by atoms with Crippen LogP contribution < -0.4 is 9.80 Å². The molecule has 14 aromatic rings. The second-order valence-electron chi connectivity index (χ2n) is 20.6. The Hall–Kier alpha value is -9.76. The van der Waals surface area contributed by atoms with Gasteiger partial charge in [0.25, 0.3) is 0 Å². The maximum Gasteiger partial charge on any atom is 0.0573 e. The van der Waals surface area contributed by atoms with E-state index in [0.29, 0.717) is 0 Å². The summed E-state index contributed by atoms with van der Waals surface area (Å²) in [6, 6.07) is 100. The highest BCUT2D eigenvalue weighted by Crippen LogP contribution is 2.54. The third-order valence-electron chi connectivity index (χ3n) is 16.6. The molecular formula is C74H48N2. The van der Waals surface area contributed by atoms with E-state index in [4.69, 9.17) is 0 Å². The van der Waals surface area contributed by atoms with Gasteiger partial charge in [-0.1, -0.05) is 231 Å². The van der Waals surface area contributed by atoms with Crippen LogP contribution in [0.25, 0.3) is 120 Å². The van der Waals surface area contributed by atoms with E-state index < -0.39 is 0 Å². The molecule has 0 atom stereocenters. The molecule has 16 rings (SSSR count). The molecule has 0 spiro atoms. The van der Waals surface area contributed by atoms with Crippen molar-refractivity contribution in [3.8, 4) is 55.6 Å². The molecule has 0 aliphatic carbocycles. The summed E-state index contributed by atoms with van der Waals surface area (Å²) in [4.78, 5) is 5.16. The molecule has 2 heteroatoms. The molecule has 0 unspecified atom stereocenters. The molecule has 0 N–H and O–H groups in total. The summed E-state index contributed by atoms with van der Waals surface area (Å²) in [5.74, 6) is 0. The highest BCUT2D eigenvalue weighted by atomic mass is 15.2. The van der Waals surface area contributed by atoms with Gasteiger partial charge in [0.2, 0.25) is 0 Å². The van der Waals surface area contributed by atoms with E-state index in [1.54, 1.807) is 0 Å². The molecule has 0 aromatic heterocycles. The fourth-order valence-corrected chi connectivity index (χ4v) is 13.4. The van der Waals surface area contributed by atoms with Gasteiger partial charge in [0, 0.05) is 57.1 Å². The van der Waals surface area contributed by atoms with Crippen molar-refractivity contribution >= 4 is 87.4 Å². The lowest BCUT2D eigenvalue weighted by atomic mass is 9.83. The van der Waals surface area contributed by atoms with E-state index >= 15 is 0 Å². The maximum atomic E-state index is 2.58. The Kier molecular flexibility index (Phi) is 9.50. The van der Waals surface area contributed by atoms with E-state index in [-0.39, 0.29) is 0 Å². The molecule has 0 saturated heterocycles. The molecule has 76 heavy (non-hydrogen) atoms. The zero-order chi connectivity index (χ0) is 49.8. The van der Waals surface area contributed by atoms with Crippen molar-refractivity contribution in [2.75, 3.05) is 9.80 Å². The first-order chi connectivity index (χ1) is 37.7. The van der Waals surface area contributed by atoms with Crippen molar-refractivity contribution in [2.24, 2.45) is 0 Å². The van der Waals surface area contributed by atoms with Crippen LogP contribution in [0.5, 0.6) is 0 Å². The largest absolute Gasteiger partial charge is 0.335 e. The number of nitrogens with zero attached hydrogens (tertiary/aromatic N) is 2. The molecule has 0 bridgehead atoms. The van der Waals surface area contributed by atoms with Gasteiger partial charge >= 0.3 is 0 Å². The Morgan fingerprint density at radius 1 is 0.224 bits per heavy atom. The first-order valence-electron chi connectivity index (χ1n) is 26.6. The summed E-state index contributed by atoms with van der Waals surface area (Å²) in [6.45, 7) is 1.56. The molecule has 0 amide bonds. The lowest BCUT2D eigenvalue weighted by Crippen LogP contribution is -2.22. The van der Waals surface area contributed by atoms with Crippen LogP contribution in [0.1, 0.15) is 11.1 Å². The van der Waals surface area contributed by atoms with Crippen LogP contribution in [0.3, 0.4) is 0 Å². The van der Waals surface area contributed by atoms with Gasteiger partial charge in [0.15, 0.2) is 0 Å². The molecular weight excluding hydrogens is 917 g/mol. The Morgan fingerprint density at radius 2 is 0.500 bits per heavy atom. The van der Waals surface area contributed by atoms with E-state index in [9.17, 15) is 0 Å². The number of hydrogen-bond donors (Lipinski definition) is 0. The summed E-state index contributed by atoms with van der Waals surface area (Å²) < 4.78 is 0. The lowest BCUT2D eigenvalue weighted by molar-refractivity contribution is 0.970. The van der Waals surface area contributed by atoms with Gasteiger partial charge in [-0.05, 0) is 135 Å². The second-order valence-corrected chi connectivity index (χ2v) is 20.6. The normalized spacial score (nSPS) is 12.8. The van der Waals surface area contributed by atoms with Gasteiger partial charge in [-0.3, -0.25) is 0 Å². The van der Waals surface area contributed by atoms with Crippen LogP contribution in [-0.2, 0) is 13.1 Å². The number of benzene rings is 14. The maximum absolute atomic E-state index is 2.58. The van der Waals surface area contributed by atoms with Crippen molar-refractivity contribution in [3.63, 3.8) is 0 Å². The van der Waals surface area contributed by atoms with Gasteiger partial charge < -0.3 is 9.80 Å². The van der Waals surface area contributed by atoms with Crippen LogP contribution >= 0.6 is 0 Å². The second kappa shape index (κ2) is 16.9. The summed E-state index contributed by atoms with van der Waals surface area (Å²) in [5.41, 5.74) is 20.0. The highest BCUT2D eigenvalue weighted by Gasteiger charge is 2.30. The van der Waals surface area contributed by atoms with E-state index in [1.807, 2.05) is 0 Å². The average molecular weight is 965 g/mol. The molecule has 14 aromatic carbocycles. The topological polar surface area (TPSA) is 6.48 Å². The first-order valence-corrected chi connectivity index (χ1v) is 26.6. The quantitative estimate of drug-likeness (QED) is 0.159. The molecule has 354 valence electrons. The average Bonchev–Trinajstić information content (AvgIpc) is 3.58. The summed E-state index contributed by atoms with van der Waals surface area (Å²) in [6.07, 6.45) is 0. The zero-order valence-electron chi connectivity index (χ0n) is 41.7. The number of hydrogen-bond acceptors (Lipinski definition) is 2. The minimum absolute atomic E-state index is 0.778. The van der Waals surface area contributed by atoms with E-state index in [2.05, 4.69) is 277 Å². The van der Waals surface area contributed by atoms with Crippen LogP contribution in [-0.4, -0.2) is 0 Å². The fraction of sp³-hybridized carbons (Fsp3) is 0.0270. The molecule has 2 aliphatic heterocycles. The molecule has 2 aliphatic rings. The third-order valence-corrected chi connectivity index (χ3v) is 16.6. The van der Waals surface area contributed by atoms with Crippen LogP contribution in [0.4, 0.5) is 22.7 Å². The number of fused-ring (bicyclic) bond motifs is 12. The summed E-state index contributed by atoms with van der Waals surface area (Å²) in [7, 11) is 0. The Labute approximate surface area is 441 Å².